The molecule has 0 atom stereocenters. The lowest BCUT2D eigenvalue weighted by atomic mass is 10.1. The number of anilines is 3. The Labute approximate surface area is 169 Å². The van der Waals surface area contributed by atoms with E-state index in [-0.39, 0.29) is 5.91 Å². The lowest BCUT2D eigenvalue weighted by Crippen LogP contribution is -2.15. The molecule has 0 aromatic heterocycles. The van der Waals surface area contributed by atoms with Crippen LogP contribution >= 0.6 is 0 Å². The van der Waals surface area contributed by atoms with E-state index in [1.165, 1.54) is 0 Å². The second kappa shape index (κ2) is 8.56. The Bertz CT molecular complexity index is 985. The normalized spacial score (nSPS) is 12.2. The Balaban J connectivity index is 1.34. The van der Waals surface area contributed by atoms with Crippen LogP contribution < -0.4 is 24.8 Å². The lowest BCUT2D eigenvalue weighted by molar-refractivity contribution is -0.115. The average molecular weight is 390 g/mol. The highest BCUT2D eigenvalue weighted by Gasteiger charge is 2.11. The zero-order valence-corrected chi connectivity index (χ0v) is 16.1. The third-order valence-corrected chi connectivity index (χ3v) is 4.52. The van der Waals surface area contributed by atoms with Crippen LogP contribution in [0.3, 0.4) is 0 Å². The molecule has 0 unspecified atom stereocenters. The predicted molar refractivity (Wildman–Crippen MR) is 112 cm³/mol. The van der Waals surface area contributed by atoms with Crippen molar-refractivity contribution >= 4 is 23.0 Å². The van der Waals surface area contributed by atoms with Gasteiger partial charge >= 0.3 is 0 Å². The van der Waals surface area contributed by atoms with Crippen molar-refractivity contribution in [3.05, 3.63) is 72.3 Å². The summed E-state index contributed by atoms with van der Waals surface area (Å²) in [6.45, 7) is 1.13. The molecule has 1 heterocycles. The smallest absolute Gasteiger partial charge is 0.228 e. The van der Waals surface area contributed by atoms with Gasteiger partial charge in [-0.3, -0.25) is 4.79 Å². The summed E-state index contributed by atoms with van der Waals surface area (Å²) in [6.07, 6.45) is 0.307. The quantitative estimate of drug-likeness (QED) is 0.653. The van der Waals surface area contributed by atoms with Crippen LogP contribution in [0, 0.1) is 0 Å². The highest BCUT2D eigenvalue weighted by Crippen LogP contribution is 2.33. The van der Waals surface area contributed by atoms with Crippen molar-refractivity contribution in [3.8, 4) is 17.2 Å². The third kappa shape index (κ3) is 4.79. The zero-order valence-electron chi connectivity index (χ0n) is 16.1. The number of hydrogen-bond donors (Lipinski definition) is 2. The largest absolute Gasteiger partial charge is 0.497 e. The Morgan fingerprint density at radius 1 is 0.862 bits per heavy atom. The van der Waals surface area contributed by atoms with Crippen molar-refractivity contribution in [1.82, 2.24) is 0 Å². The summed E-state index contributed by atoms with van der Waals surface area (Å²) in [5.41, 5.74) is 3.50. The van der Waals surface area contributed by atoms with E-state index in [9.17, 15) is 4.79 Å². The molecule has 29 heavy (non-hydrogen) atoms. The number of nitrogens with one attached hydrogen (secondary N) is 2. The van der Waals surface area contributed by atoms with Crippen molar-refractivity contribution in [1.29, 1.82) is 0 Å². The van der Waals surface area contributed by atoms with Crippen LogP contribution in [0.1, 0.15) is 5.56 Å². The van der Waals surface area contributed by atoms with Gasteiger partial charge in [-0.1, -0.05) is 12.1 Å². The minimum atomic E-state index is -0.0669. The van der Waals surface area contributed by atoms with Crippen molar-refractivity contribution in [2.45, 2.75) is 6.42 Å². The minimum absolute atomic E-state index is 0.0669. The van der Waals surface area contributed by atoms with Crippen LogP contribution in [0.15, 0.2) is 66.7 Å². The Hall–Kier alpha value is -3.67. The predicted octanol–water partition coefficient (Wildman–Crippen LogP) is 4.39. The lowest BCUT2D eigenvalue weighted by Gasteiger charge is -2.19. The molecule has 0 saturated carbocycles. The molecule has 0 fully saturated rings. The van der Waals surface area contributed by atoms with Gasteiger partial charge in [0.15, 0.2) is 11.5 Å². The maximum absolute atomic E-state index is 12.3. The second-order valence-electron chi connectivity index (χ2n) is 6.63. The number of amides is 1. The van der Waals surface area contributed by atoms with Crippen LogP contribution in [-0.4, -0.2) is 26.2 Å². The third-order valence-electron chi connectivity index (χ3n) is 4.52. The van der Waals surface area contributed by atoms with Gasteiger partial charge in [-0.2, -0.15) is 0 Å². The summed E-state index contributed by atoms with van der Waals surface area (Å²) in [5, 5.41) is 6.24. The first-order valence-electron chi connectivity index (χ1n) is 9.39. The summed E-state index contributed by atoms with van der Waals surface area (Å²) in [5.74, 6) is 2.21. The maximum atomic E-state index is 12.3. The maximum Gasteiger partial charge on any atom is 0.228 e. The van der Waals surface area contributed by atoms with Crippen LogP contribution in [-0.2, 0) is 11.2 Å². The number of fused-ring (bicyclic) bond motifs is 1. The number of carbonyl (C=O) groups is 1. The van der Waals surface area contributed by atoms with Gasteiger partial charge in [0.25, 0.3) is 0 Å². The molecule has 0 radical (unpaired) electrons. The van der Waals surface area contributed by atoms with Gasteiger partial charge < -0.3 is 24.8 Å². The fourth-order valence-electron chi connectivity index (χ4n) is 3.06. The second-order valence-corrected chi connectivity index (χ2v) is 6.63. The molecule has 0 aliphatic carbocycles. The zero-order chi connectivity index (χ0) is 20.1. The molecule has 3 aromatic carbocycles. The van der Waals surface area contributed by atoms with Crippen molar-refractivity contribution in [3.63, 3.8) is 0 Å². The fraction of sp³-hybridized carbons (Fsp3) is 0.174. The number of hydrogen-bond acceptors (Lipinski definition) is 5. The van der Waals surface area contributed by atoms with Gasteiger partial charge in [0.1, 0.15) is 19.0 Å². The molecule has 0 bridgehead atoms. The molecule has 1 aliphatic rings. The first kappa shape index (κ1) is 18.7. The first-order valence-corrected chi connectivity index (χ1v) is 9.39. The van der Waals surface area contributed by atoms with E-state index >= 15 is 0 Å². The number of benzene rings is 3. The fourth-order valence-corrected chi connectivity index (χ4v) is 3.06. The SMILES string of the molecule is COc1ccc(CC(=O)Nc2ccc(Nc3ccc4c(c3)OCCO4)cc2)cc1. The molecule has 148 valence electrons. The molecule has 2 N–H and O–H groups in total. The van der Waals surface area contributed by atoms with E-state index in [2.05, 4.69) is 10.6 Å². The highest BCUT2D eigenvalue weighted by atomic mass is 16.6. The minimum Gasteiger partial charge on any atom is -0.497 e. The molecular formula is C23H22N2O4. The van der Waals surface area contributed by atoms with Crippen LogP contribution in [0.5, 0.6) is 17.2 Å². The van der Waals surface area contributed by atoms with Crippen molar-refractivity contribution < 1.29 is 19.0 Å². The van der Waals surface area contributed by atoms with E-state index < -0.39 is 0 Å². The highest BCUT2D eigenvalue weighted by molar-refractivity contribution is 5.92. The van der Waals surface area contributed by atoms with E-state index in [4.69, 9.17) is 14.2 Å². The molecule has 4 rings (SSSR count). The summed E-state index contributed by atoms with van der Waals surface area (Å²) in [4.78, 5) is 12.3. The summed E-state index contributed by atoms with van der Waals surface area (Å²) in [7, 11) is 1.62. The topological polar surface area (TPSA) is 68.8 Å². The molecule has 0 saturated heterocycles. The van der Waals surface area contributed by atoms with E-state index in [0.717, 1.165) is 39.9 Å². The average Bonchev–Trinajstić information content (AvgIpc) is 2.75. The monoisotopic (exact) mass is 390 g/mol. The molecule has 1 aliphatic heterocycles. The van der Waals surface area contributed by atoms with Crippen LogP contribution in [0.25, 0.3) is 0 Å². The van der Waals surface area contributed by atoms with Crippen molar-refractivity contribution in [2.24, 2.45) is 0 Å². The number of carbonyl (C=O) groups excluding carboxylic acids is 1. The van der Waals surface area contributed by atoms with Gasteiger partial charge in [0.2, 0.25) is 5.91 Å². The molecule has 1 amide bonds. The van der Waals surface area contributed by atoms with Crippen LogP contribution in [0.4, 0.5) is 17.1 Å². The number of methoxy groups -OCH3 is 1. The van der Waals surface area contributed by atoms with Gasteiger partial charge in [0.05, 0.1) is 13.5 Å². The first-order chi connectivity index (χ1) is 14.2. The molecule has 0 spiro atoms. The summed E-state index contributed by atoms with van der Waals surface area (Å²) >= 11 is 0. The molecule has 6 heteroatoms. The van der Waals surface area contributed by atoms with Gasteiger partial charge in [-0.15, -0.1) is 0 Å². The molecule has 3 aromatic rings. The molecular weight excluding hydrogens is 368 g/mol. The van der Waals surface area contributed by atoms with E-state index in [1.54, 1.807) is 7.11 Å². The Morgan fingerprint density at radius 2 is 1.52 bits per heavy atom. The Morgan fingerprint density at radius 3 is 2.24 bits per heavy atom. The standard InChI is InChI=1S/C23H22N2O4/c1-27-20-9-2-16(3-10-20)14-23(26)25-18-6-4-17(5-7-18)24-19-8-11-21-22(15-19)29-13-12-28-21/h2-11,15,24H,12-14H2,1H3,(H,25,26). The van der Waals surface area contributed by atoms with Gasteiger partial charge in [-0.05, 0) is 54.1 Å². The van der Waals surface area contributed by atoms with Crippen LogP contribution in [0.2, 0.25) is 0 Å². The van der Waals surface area contributed by atoms with E-state index in [1.807, 2.05) is 66.7 Å². The van der Waals surface area contributed by atoms with Gasteiger partial charge in [-0.25, -0.2) is 0 Å². The van der Waals surface area contributed by atoms with Gasteiger partial charge in [0, 0.05) is 23.1 Å². The Kier molecular flexibility index (Phi) is 5.52. The summed E-state index contributed by atoms with van der Waals surface area (Å²) in [6, 6.07) is 20.8. The number of rotatable bonds is 6. The summed E-state index contributed by atoms with van der Waals surface area (Å²) < 4.78 is 16.3. The van der Waals surface area contributed by atoms with Crippen molar-refractivity contribution in [2.75, 3.05) is 31.0 Å². The number of ether oxygens (including phenoxy) is 3. The molecule has 6 nitrogen and oxygen atoms in total. The van der Waals surface area contributed by atoms with E-state index in [0.29, 0.717) is 19.6 Å².